The lowest BCUT2D eigenvalue weighted by molar-refractivity contribution is -0.948. The molecule has 3 aromatic rings. The number of likely N-dealkylation sites (tertiary alicyclic amines) is 1. The molecule has 0 unspecified atom stereocenters. The maximum absolute atomic E-state index is 13.3. The number of hydrogen-bond acceptors (Lipinski definition) is 2. The van der Waals surface area contributed by atoms with Crippen molar-refractivity contribution in [3.05, 3.63) is 90.2 Å². The quantitative estimate of drug-likeness (QED) is 0.462. The van der Waals surface area contributed by atoms with Crippen molar-refractivity contribution in [2.45, 2.75) is 32.4 Å². The first-order chi connectivity index (χ1) is 15.5. The maximum Gasteiger partial charge on any atom is 0.137 e. The van der Waals surface area contributed by atoms with Gasteiger partial charge in [0, 0.05) is 5.56 Å². The smallest absolute Gasteiger partial charge is 0.137 e. The van der Waals surface area contributed by atoms with Crippen LogP contribution in [0.15, 0.2) is 78.9 Å². The number of nitrogens with zero attached hydrogens (tertiary/aromatic N) is 1. The molecule has 1 fully saturated rings. The van der Waals surface area contributed by atoms with Gasteiger partial charge in [-0.1, -0.05) is 61.5 Å². The fraction of sp³-hybridized carbons (Fsp3) is 0.357. The lowest BCUT2D eigenvalue weighted by atomic mass is 9.95. The maximum atomic E-state index is 13.3. The first-order valence-corrected chi connectivity index (χ1v) is 11.6. The summed E-state index contributed by atoms with van der Waals surface area (Å²) in [7, 11) is 0. The molecule has 1 aliphatic heterocycles. The highest BCUT2D eigenvalue weighted by Gasteiger charge is 2.35. The van der Waals surface area contributed by atoms with Gasteiger partial charge in [0.25, 0.3) is 0 Å². The average Bonchev–Trinajstić information content (AvgIpc) is 2.82. The standard InChI is InChI=1S/C28H33FNO2/c1-22-15-17-30(18-16-22,19-23-7-11-26(29)12-8-23)20-27(31)21-32-28-13-9-25(10-14-28)24-5-3-2-4-6-24/h2-14,22,27,31H,15-21H2,1H3/q+1/t22?,27-,30?/m0/s1. The first-order valence-electron chi connectivity index (χ1n) is 11.6. The van der Waals surface area contributed by atoms with Gasteiger partial charge in [-0.25, -0.2) is 4.39 Å². The Hall–Kier alpha value is -2.69. The molecule has 1 aliphatic rings. The zero-order valence-corrected chi connectivity index (χ0v) is 18.8. The zero-order chi connectivity index (χ0) is 22.4. The number of rotatable bonds is 8. The Morgan fingerprint density at radius 2 is 1.53 bits per heavy atom. The molecular formula is C28H33FNO2+. The molecule has 1 heterocycles. The molecule has 0 bridgehead atoms. The monoisotopic (exact) mass is 434 g/mol. The molecule has 168 valence electrons. The minimum absolute atomic E-state index is 0.209. The minimum atomic E-state index is -0.558. The number of benzene rings is 3. The summed E-state index contributed by atoms with van der Waals surface area (Å²) in [6.07, 6.45) is 1.74. The van der Waals surface area contributed by atoms with Crippen molar-refractivity contribution in [1.29, 1.82) is 0 Å². The molecule has 0 spiro atoms. The van der Waals surface area contributed by atoms with Gasteiger partial charge in [-0.05, 0) is 54.2 Å². The van der Waals surface area contributed by atoms with Crippen LogP contribution < -0.4 is 4.74 Å². The van der Waals surface area contributed by atoms with E-state index in [4.69, 9.17) is 4.74 Å². The predicted molar refractivity (Wildman–Crippen MR) is 127 cm³/mol. The van der Waals surface area contributed by atoms with Crippen LogP contribution in [0.4, 0.5) is 4.39 Å². The van der Waals surface area contributed by atoms with E-state index in [9.17, 15) is 9.50 Å². The van der Waals surface area contributed by atoms with Crippen molar-refractivity contribution in [2.75, 3.05) is 26.2 Å². The van der Waals surface area contributed by atoms with Crippen LogP contribution in [0.1, 0.15) is 25.3 Å². The number of piperidine rings is 1. The second-order valence-corrected chi connectivity index (χ2v) is 9.29. The lowest BCUT2D eigenvalue weighted by Gasteiger charge is -2.44. The highest BCUT2D eigenvalue weighted by Crippen LogP contribution is 2.27. The van der Waals surface area contributed by atoms with Gasteiger partial charge in [-0.3, -0.25) is 0 Å². The molecule has 0 saturated carbocycles. The second-order valence-electron chi connectivity index (χ2n) is 9.29. The van der Waals surface area contributed by atoms with E-state index in [2.05, 4.69) is 19.1 Å². The average molecular weight is 435 g/mol. The minimum Gasteiger partial charge on any atom is -0.491 e. The Kier molecular flexibility index (Phi) is 7.23. The third-order valence-corrected chi connectivity index (χ3v) is 6.63. The van der Waals surface area contributed by atoms with Crippen molar-refractivity contribution in [1.82, 2.24) is 0 Å². The number of ether oxygens (including phenoxy) is 1. The summed E-state index contributed by atoms with van der Waals surface area (Å²) in [5.41, 5.74) is 3.43. The summed E-state index contributed by atoms with van der Waals surface area (Å²) in [6, 6.07) is 25.0. The molecule has 3 nitrogen and oxygen atoms in total. The number of aliphatic hydroxyl groups is 1. The van der Waals surface area contributed by atoms with E-state index >= 15 is 0 Å². The van der Waals surface area contributed by atoms with Crippen LogP contribution in [0.25, 0.3) is 11.1 Å². The number of halogens is 1. The van der Waals surface area contributed by atoms with E-state index in [0.29, 0.717) is 12.5 Å². The Bertz CT molecular complexity index is 965. The van der Waals surface area contributed by atoms with Crippen LogP contribution in [0.2, 0.25) is 0 Å². The van der Waals surface area contributed by atoms with Crippen molar-refractivity contribution in [3.63, 3.8) is 0 Å². The second kappa shape index (κ2) is 10.3. The molecule has 0 radical (unpaired) electrons. The Labute approximate surface area is 190 Å². The summed E-state index contributed by atoms with van der Waals surface area (Å²) < 4.78 is 20.1. The van der Waals surface area contributed by atoms with Crippen LogP contribution in [0, 0.1) is 11.7 Å². The van der Waals surface area contributed by atoms with E-state index in [1.54, 1.807) is 0 Å². The number of quaternary nitrogens is 1. The third kappa shape index (κ3) is 5.96. The summed E-state index contributed by atoms with van der Waals surface area (Å²) in [6.45, 7) is 6.08. The highest BCUT2D eigenvalue weighted by molar-refractivity contribution is 5.63. The van der Waals surface area contributed by atoms with Gasteiger partial charge >= 0.3 is 0 Å². The summed E-state index contributed by atoms with van der Waals surface area (Å²) in [5, 5.41) is 10.8. The molecule has 0 amide bonds. The number of aliphatic hydroxyl groups excluding tert-OH is 1. The largest absolute Gasteiger partial charge is 0.491 e. The summed E-state index contributed by atoms with van der Waals surface area (Å²) >= 11 is 0. The summed E-state index contributed by atoms with van der Waals surface area (Å²) in [4.78, 5) is 0. The van der Waals surface area contributed by atoms with Crippen LogP contribution in [-0.2, 0) is 6.54 Å². The Balaban J connectivity index is 1.36. The molecule has 0 aliphatic carbocycles. The van der Waals surface area contributed by atoms with Gasteiger partial charge in [0.2, 0.25) is 0 Å². The van der Waals surface area contributed by atoms with Crippen molar-refractivity contribution < 1.29 is 18.7 Å². The van der Waals surface area contributed by atoms with Gasteiger partial charge in [-0.15, -0.1) is 0 Å². The van der Waals surface area contributed by atoms with Gasteiger partial charge in [-0.2, -0.15) is 0 Å². The Morgan fingerprint density at radius 3 is 2.19 bits per heavy atom. The normalized spacial score (nSPS) is 21.8. The van der Waals surface area contributed by atoms with Gasteiger partial charge in [0.1, 0.15) is 37.4 Å². The SMILES string of the molecule is CC1CC[N+](Cc2ccc(F)cc2)(C[C@H](O)COc2ccc(-c3ccccc3)cc2)CC1. The molecule has 4 heteroatoms. The van der Waals surface area contributed by atoms with E-state index in [-0.39, 0.29) is 12.4 Å². The van der Waals surface area contributed by atoms with Crippen LogP contribution >= 0.6 is 0 Å². The van der Waals surface area contributed by atoms with E-state index < -0.39 is 6.10 Å². The fourth-order valence-electron chi connectivity index (χ4n) is 4.69. The summed E-state index contributed by atoms with van der Waals surface area (Å²) in [5.74, 6) is 1.27. The van der Waals surface area contributed by atoms with Crippen LogP contribution in [-0.4, -0.2) is 41.9 Å². The predicted octanol–water partition coefficient (Wildman–Crippen LogP) is 5.68. The van der Waals surface area contributed by atoms with Gasteiger partial charge in [0.15, 0.2) is 0 Å². The topological polar surface area (TPSA) is 29.5 Å². The van der Waals surface area contributed by atoms with Crippen molar-refractivity contribution in [2.24, 2.45) is 5.92 Å². The van der Waals surface area contributed by atoms with Crippen molar-refractivity contribution >= 4 is 0 Å². The van der Waals surface area contributed by atoms with E-state index in [0.717, 1.165) is 53.8 Å². The molecule has 1 saturated heterocycles. The Morgan fingerprint density at radius 1 is 0.906 bits per heavy atom. The van der Waals surface area contributed by atoms with Gasteiger partial charge < -0.3 is 14.3 Å². The molecule has 0 aromatic heterocycles. The molecule has 1 atom stereocenters. The molecule has 4 rings (SSSR count). The molecule has 3 aromatic carbocycles. The third-order valence-electron chi connectivity index (χ3n) is 6.63. The number of hydrogen-bond donors (Lipinski definition) is 1. The first kappa shape index (κ1) is 22.5. The van der Waals surface area contributed by atoms with Crippen molar-refractivity contribution in [3.8, 4) is 16.9 Å². The molecule has 32 heavy (non-hydrogen) atoms. The van der Waals surface area contributed by atoms with E-state index in [1.807, 2.05) is 54.6 Å². The fourth-order valence-corrected chi connectivity index (χ4v) is 4.69. The van der Waals surface area contributed by atoms with Crippen LogP contribution in [0.3, 0.4) is 0 Å². The van der Waals surface area contributed by atoms with E-state index in [1.165, 1.54) is 17.7 Å². The zero-order valence-electron chi connectivity index (χ0n) is 18.8. The highest BCUT2D eigenvalue weighted by atomic mass is 19.1. The van der Waals surface area contributed by atoms with Gasteiger partial charge in [0.05, 0.1) is 13.1 Å². The molecule has 1 N–H and O–H groups in total. The van der Waals surface area contributed by atoms with Crippen LogP contribution in [0.5, 0.6) is 5.75 Å². The lowest BCUT2D eigenvalue weighted by Crippen LogP contribution is -2.56. The molecular weight excluding hydrogens is 401 g/mol.